The van der Waals surface area contributed by atoms with Gasteiger partial charge < -0.3 is 34.1 Å². The molecule has 0 spiro atoms. The number of methoxy groups -OCH3 is 2. The minimum atomic E-state index is -2.39. The number of esters is 1. The van der Waals surface area contributed by atoms with Crippen LogP contribution in [0.5, 0.6) is 0 Å². The molecule has 0 radical (unpaired) electrons. The number of amides is 1. The summed E-state index contributed by atoms with van der Waals surface area (Å²) in [5.74, 6) is -8.11. The number of allylic oxidation sites excluding steroid dienone is 6. The van der Waals surface area contributed by atoms with Gasteiger partial charge in [0.15, 0.2) is 18.1 Å². The molecule has 0 aromatic carbocycles. The molecule has 64 heavy (non-hydrogen) atoms. The Labute approximate surface area is 381 Å². The number of rotatable bonds is 5. The fourth-order valence-electron chi connectivity index (χ4n) is 9.87. The normalized spacial score (nSPS) is 40.4. The van der Waals surface area contributed by atoms with Crippen LogP contribution in [-0.4, -0.2) is 114 Å². The second kappa shape index (κ2) is 24.4. The summed E-state index contributed by atoms with van der Waals surface area (Å²) in [4.78, 5) is 71.4. The number of cyclic esters (lactones) is 1. The third kappa shape index (κ3) is 14.1. The number of aliphatic hydroxyl groups excluding tert-OH is 1. The minimum Gasteiger partial charge on any atom is -0.460 e. The number of fused-ring (bicyclic) bond motifs is 3. The third-order valence-corrected chi connectivity index (χ3v) is 14.2. The first-order chi connectivity index (χ1) is 30.2. The molecule has 1 aliphatic carbocycles. The summed E-state index contributed by atoms with van der Waals surface area (Å²) >= 11 is 0. The zero-order valence-corrected chi connectivity index (χ0v) is 40.1. The Kier molecular flexibility index (Phi) is 20.3. The van der Waals surface area contributed by atoms with Gasteiger partial charge >= 0.3 is 5.97 Å². The molecule has 2 bridgehead atoms. The lowest BCUT2D eigenvalue weighted by Gasteiger charge is -2.42. The van der Waals surface area contributed by atoms with Gasteiger partial charge in [-0.1, -0.05) is 83.6 Å². The van der Waals surface area contributed by atoms with Crippen molar-refractivity contribution in [2.75, 3.05) is 20.8 Å². The highest BCUT2D eigenvalue weighted by atomic mass is 19.1. The molecule has 0 aromatic heterocycles. The maximum Gasteiger partial charge on any atom is 0.329 e. The number of nitrogens with zero attached hydrogens (tertiary/aromatic N) is 1. The van der Waals surface area contributed by atoms with Crippen LogP contribution in [0.1, 0.15) is 132 Å². The van der Waals surface area contributed by atoms with Crippen LogP contribution in [0.2, 0.25) is 0 Å². The molecule has 4 aliphatic rings. The van der Waals surface area contributed by atoms with Crippen molar-refractivity contribution in [1.82, 2.24) is 4.90 Å². The summed E-state index contributed by atoms with van der Waals surface area (Å²) in [6.45, 7) is 14.6. The molecule has 1 amide bonds. The van der Waals surface area contributed by atoms with Gasteiger partial charge in [0.25, 0.3) is 11.7 Å². The van der Waals surface area contributed by atoms with Gasteiger partial charge in [-0.3, -0.25) is 19.2 Å². The van der Waals surface area contributed by atoms with Crippen LogP contribution in [0, 0.1) is 41.4 Å². The fourth-order valence-corrected chi connectivity index (χ4v) is 9.87. The van der Waals surface area contributed by atoms with Gasteiger partial charge in [0.05, 0.1) is 18.3 Å². The topological polar surface area (TPSA) is 166 Å². The molecule has 4 rings (SSSR count). The predicted octanol–water partition coefficient (Wildman–Crippen LogP) is 7.78. The number of aliphatic hydroxyl groups is 2. The van der Waals surface area contributed by atoms with Gasteiger partial charge in [0.1, 0.15) is 17.9 Å². The average Bonchev–Trinajstić information content (AvgIpc) is 3.27. The molecule has 3 aliphatic heterocycles. The zero-order valence-electron chi connectivity index (χ0n) is 40.1. The Morgan fingerprint density at radius 1 is 0.922 bits per heavy atom. The second-order valence-corrected chi connectivity index (χ2v) is 19.7. The number of piperidine rings is 1. The fraction of sp³-hybridized carbons (Fsp3) is 0.745. The lowest BCUT2D eigenvalue weighted by atomic mass is 9.78. The van der Waals surface area contributed by atoms with E-state index in [4.69, 9.17) is 18.9 Å². The Hall–Kier alpha value is -3.36. The molecule has 2 N–H and O–H groups in total. The van der Waals surface area contributed by atoms with Crippen LogP contribution < -0.4 is 0 Å². The van der Waals surface area contributed by atoms with Crippen molar-refractivity contribution >= 4 is 29.2 Å². The Morgan fingerprint density at radius 2 is 1.64 bits per heavy atom. The molecule has 8 unspecified atom stereocenters. The minimum absolute atomic E-state index is 0.0165. The van der Waals surface area contributed by atoms with E-state index in [2.05, 4.69) is 6.08 Å². The lowest BCUT2D eigenvalue weighted by molar-refractivity contribution is -0.262. The molecule has 13 heteroatoms. The van der Waals surface area contributed by atoms with Crippen LogP contribution >= 0.6 is 0 Å². The molecule has 0 aromatic rings. The van der Waals surface area contributed by atoms with Crippen molar-refractivity contribution in [2.24, 2.45) is 41.4 Å². The molecular formula is C51H78FNO11. The Balaban J connectivity index is 1.69. The molecule has 1 saturated carbocycles. The largest absolute Gasteiger partial charge is 0.460 e. The average molecular weight is 900 g/mol. The van der Waals surface area contributed by atoms with Crippen LogP contribution in [0.15, 0.2) is 47.6 Å². The predicted molar refractivity (Wildman–Crippen MR) is 242 cm³/mol. The van der Waals surface area contributed by atoms with E-state index in [9.17, 15) is 34.2 Å². The van der Waals surface area contributed by atoms with E-state index in [-0.39, 0.29) is 66.3 Å². The van der Waals surface area contributed by atoms with Crippen LogP contribution in [0.4, 0.5) is 4.39 Å². The zero-order chi connectivity index (χ0) is 47.5. The quantitative estimate of drug-likeness (QED) is 0.157. The maximum atomic E-state index is 16.2. The van der Waals surface area contributed by atoms with Crippen LogP contribution in [0.25, 0.3) is 0 Å². The maximum absolute atomic E-state index is 16.2. The summed E-state index contributed by atoms with van der Waals surface area (Å²) < 4.78 is 39.5. The number of alkyl halides is 1. The van der Waals surface area contributed by atoms with Gasteiger partial charge in [-0.25, -0.2) is 9.18 Å². The number of ether oxygens (including phenoxy) is 4. The SMILES string of the molecule is COC1CC(C[C@@H](C)[C@@H]2CC(=O)[C@H](C)/C=C(\C)C(F)[C@@H](OC)C(=O)C(C)C[C@H](C)/C=C/C(C)C=C/C(C)=C/CC3CC[C@@H](C)C(O)(O3)C(=O)C(=O)N3CCCCC3C(=O)O2)CC[C@@H]1O. The molecule has 2 saturated heterocycles. The van der Waals surface area contributed by atoms with Crippen LogP contribution in [-0.2, 0) is 42.9 Å². The van der Waals surface area contributed by atoms with Gasteiger partial charge in [-0.15, -0.1) is 0 Å². The van der Waals surface area contributed by atoms with E-state index >= 15 is 4.39 Å². The van der Waals surface area contributed by atoms with Crippen molar-refractivity contribution in [1.29, 1.82) is 0 Å². The van der Waals surface area contributed by atoms with Crippen LogP contribution in [0.3, 0.4) is 0 Å². The molecule has 15 atom stereocenters. The van der Waals surface area contributed by atoms with Gasteiger partial charge in [-0.05, 0) is 114 Å². The van der Waals surface area contributed by atoms with E-state index in [1.807, 2.05) is 52.0 Å². The van der Waals surface area contributed by atoms with Crippen molar-refractivity contribution in [3.05, 3.63) is 47.6 Å². The van der Waals surface area contributed by atoms with Crippen molar-refractivity contribution in [3.8, 4) is 0 Å². The lowest BCUT2D eigenvalue weighted by Crippen LogP contribution is -2.60. The Bertz CT molecular complexity index is 1740. The highest BCUT2D eigenvalue weighted by Crippen LogP contribution is 2.37. The number of carbonyl (C=O) groups is 5. The van der Waals surface area contributed by atoms with E-state index in [0.29, 0.717) is 64.2 Å². The number of carbonyl (C=O) groups excluding carboxylic acids is 5. The number of hydrogen-bond acceptors (Lipinski definition) is 11. The number of halogens is 1. The third-order valence-electron chi connectivity index (χ3n) is 14.2. The van der Waals surface area contributed by atoms with Crippen molar-refractivity contribution in [2.45, 2.75) is 181 Å². The first-order valence-electron chi connectivity index (χ1n) is 23.8. The summed E-state index contributed by atoms with van der Waals surface area (Å²) in [5.41, 5.74) is 1.13. The first-order valence-corrected chi connectivity index (χ1v) is 23.8. The van der Waals surface area contributed by atoms with Crippen molar-refractivity contribution in [3.63, 3.8) is 0 Å². The standard InChI is InChI=1S/C51H78FNO11/c1-30-14-15-31(2)18-21-39-22-19-37(8)51(60,64-39)48(57)49(58)53-24-12-11-13-40(53)50(59)63-43(34(5)27-38-20-23-41(54)44(28-38)61-9)29-42(55)33(4)26-35(6)45(52)47(62-10)46(56)36(7)25-32(3)17-16-30/h14-18,26,30,32-34,36-41,43-45,47,54,60H,11-13,19-25,27-29H2,1-10H3/b15-14?,17-16+,31-18+,35-26+/t30?,32-,33-,34-,36?,37-,38?,39?,40?,41+,43+,44?,45?,47-,51?/m1/s1. The highest BCUT2D eigenvalue weighted by molar-refractivity contribution is 6.39. The van der Waals surface area contributed by atoms with Crippen molar-refractivity contribution < 1.29 is 57.5 Å². The van der Waals surface area contributed by atoms with E-state index in [0.717, 1.165) is 5.57 Å². The van der Waals surface area contributed by atoms with Gasteiger partial charge in [0, 0.05) is 44.9 Å². The Morgan fingerprint density at radius 3 is 2.33 bits per heavy atom. The summed E-state index contributed by atoms with van der Waals surface area (Å²) in [6.07, 6.45) is 11.5. The number of ketones is 3. The summed E-state index contributed by atoms with van der Waals surface area (Å²) in [5, 5.41) is 22.3. The molecule has 3 fully saturated rings. The first kappa shape index (κ1) is 53.3. The number of Topliss-reactive ketones (excluding diaryl/α,β-unsaturated/α-hetero) is 3. The molecule has 3 heterocycles. The molecular weight excluding hydrogens is 822 g/mol. The summed E-state index contributed by atoms with van der Waals surface area (Å²) in [6, 6.07) is -1.14. The second-order valence-electron chi connectivity index (χ2n) is 19.7. The number of hydrogen-bond donors (Lipinski definition) is 2. The highest BCUT2D eigenvalue weighted by Gasteiger charge is 2.52. The van der Waals surface area contributed by atoms with Gasteiger partial charge in [0.2, 0.25) is 5.79 Å². The van der Waals surface area contributed by atoms with E-state index in [1.54, 1.807) is 27.9 Å². The smallest absolute Gasteiger partial charge is 0.329 e. The summed E-state index contributed by atoms with van der Waals surface area (Å²) in [7, 11) is 2.87. The molecule has 360 valence electrons. The van der Waals surface area contributed by atoms with E-state index in [1.165, 1.54) is 25.0 Å². The monoisotopic (exact) mass is 900 g/mol. The molecule has 12 nitrogen and oxygen atoms in total. The van der Waals surface area contributed by atoms with Gasteiger partial charge in [-0.2, -0.15) is 0 Å². The van der Waals surface area contributed by atoms with E-state index < -0.39 is 77.8 Å².